The topological polar surface area (TPSA) is 131 Å². The van der Waals surface area contributed by atoms with E-state index in [4.69, 9.17) is 18.5 Å². The van der Waals surface area contributed by atoms with Gasteiger partial charge in [-0.3, -0.25) is 14.2 Å². The van der Waals surface area contributed by atoms with E-state index in [0.717, 1.165) is 57.8 Å². The van der Waals surface area contributed by atoms with Gasteiger partial charge in [0.25, 0.3) is 7.82 Å². The lowest BCUT2D eigenvalue weighted by Gasteiger charge is -2.28. The molecule has 0 bridgehead atoms. The van der Waals surface area contributed by atoms with Gasteiger partial charge in [-0.1, -0.05) is 146 Å². The van der Waals surface area contributed by atoms with Gasteiger partial charge >= 0.3 is 11.9 Å². The SMILES string of the molecule is CCCCCCCCCCCCCC(=O)O[C@H](COC(=O)CCC/C=C\C/C=C\C/C=C\C=C\[C@H](O)CCCCC)COP(=O)([O-])OCC[N+](C)(C)C. The third kappa shape index (κ3) is 38.0. The van der Waals surface area contributed by atoms with Gasteiger partial charge in [0.05, 0.1) is 33.9 Å². The fraction of sp³-hybridized carbons (Fsp3) is 0.762. The van der Waals surface area contributed by atoms with E-state index in [1.54, 1.807) is 0 Å². The maximum Gasteiger partial charge on any atom is 0.306 e. The summed E-state index contributed by atoms with van der Waals surface area (Å²) in [6.45, 7) is 3.99. The molecular weight excluding hydrogens is 693 g/mol. The molecule has 0 saturated carbocycles. The molecule has 0 saturated heterocycles. The molecule has 0 aliphatic rings. The third-order valence-corrected chi connectivity index (χ3v) is 9.42. The molecule has 1 unspecified atom stereocenters. The molecule has 308 valence electrons. The van der Waals surface area contributed by atoms with Gasteiger partial charge in [-0.2, -0.15) is 0 Å². The Morgan fingerprint density at radius 3 is 1.91 bits per heavy atom. The average molecular weight is 770 g/mol. The van der Waals surface area contributed by atoms with Crippen LogP contribution in [0.3, 0.4) is 0 Å². The predicted molar refractivity (Wildman–Crippen MR) is 214 cm³/mol. The van der Waals surface area contributed by atoms with Crippen molar-refractivity contribution in [2.75, 3.05) is 47.5 Å². The van der Waals surface area contributed by atoms with Crippen LogP contribution in [-0.2, 0) is 32.7 Å². The van der Waals surface area contributed by atoms with Gasteiger partial charge in [-0.15, -0.1) is 0 Å². The van der Waals surface area contributed by atoms with Crippen LogP contribution < -0.4 is 4.89 Å². The second-order valence-corrected chi connectivity index (χ2v) is 16.3. The van der Waals surface area contributed by atoms with Crippen molar-refractivity contribution in [2.45, 2.75) is 161 Å². The minimum absolute atomic E-state index is 0.0474. The lowest BCUT2D eigenvalue weighted by atomic mass is 10.1. The maximum atomic E-state index is 12.6. The van der Waals surface area contributed by atoms with Crippen LogP contribution in [0.5, 0.6) is 0 Å². The van der Waals surface area contributed by atoms with Gasteiger partial charge in [0, 0.05) is 12.8 Å². The number of phosphoric acid groups is 1. The van der Waals surface area contributed by atoms with E-state index in [9.17, 15) is 24.2 Å². The summed E-state index contributed by atoms with van der Waals surface area (Å²) in [5.41, 5.74) is 0. The first kappa shape index (κ1) is 50.9. The Balaban J connectivity index is 4.53. The zero-order valence-corrected chi connectivity index (χ0v) is 35.0. The van der Waals surface area contributed by atoms with Crippen molar-refractivity contribution in [3.63, 3.8) is 0 Å². The normalized spacial score (nSPS) is 14.8. The molecular formula is C42H76NO9P. The minimum atomic E-state index is -4.64. The van der Waals surface area contributed by atoms with E-state index in [2.05, 4.69) is 26.0 Å². The summed E-state index contributed by atoms with van der Waals surface area (Å²) < 4.78 is 33.7. The van der Waals surface area contributed by atoms with Gasteiger partial charge in [0.2, 0.25) is 0 Å². The fourth-order valence-electron chi connectivity index (χ4n) is 5.17. The quantitative estimate of drug-likeness (QED) is 0.0165. The molecule has 0 aromatic heterocycles. The van der Waals surface area contributed by atoms with Crippen LogP contribution in [-0.4, -0.2) is 81.2 Å². The number of hydrogen-bond donors (Lipinski definition) is 1. The number of quaternary nitrogens is 1. The zero-order valence-electron chi connectivity index (χ0n) is 34.1. The number of nitrogens with zero attached hydrogens (tertiary/aromatic N) is 1. The van der Waals surface area contributed by atoms with Crippen LogP contribution in [0.4, 0.5) is 0 Å². The number of hydrogen-bond acceptors (Lipinski definition) is 9. The van der Waals surface area contributed by atoms with Crippen molar-refractivity contribution in [1.82, 2.24) is 0 Å². The fourth-order valence-corrected chi connectivity index (χ4v) is 5.90. The molecule has 10 nitrogen and oxygen atoms in total. The van der Waals surface area contributed by atoms with E-state index >= 15 is 0 Å². The standard InChI is InChI=1S/C42H76NO9P/c1-6-8-10-11-12-13-15-20-23-26-30-34-42(46)52-40(38-51-53(47,48)50-36-35-43(3,4)5)37-49-41(45)33-29-25-22-19-17-14-16-18-21-24-28-32-39(44)31-27-9-7-2/h14,16,19,21-22,24,28,32,39-40,44H,6-13,15,17-18,20,23,25-27,29-31,33-38H2,1-5H3/b16-14-,22-19-,24-21-,32-28+/t39-,40-/m1/s1. The van der Waals surface area contributed by atoms with Crippen LogP contribution in [0, 0.1) is 0 Å². The molecule has 0 fully saturated rings. The summed E-state index contributed by atoms with van der Waals surface area (Å²) >= 11 is 0. The Morgan fingerprint density at radius 1 is 0.698 bits per heavy atom. The van der Waals surface area contributed by atoms with Crippen molar-refractivity contribution < 1.29 is 47.2 Å². The summed E-state index contributed by atoms with van der Waals surface area (Å²) in [6, 6.07) is 0. The van der Waals surface area contributed by atoms with Crippen LogP contribution in [0.2, 0.25) is 0 Å². The number of esters is 2. The second kappa shape index (κ2) is 34.4. The molecule has 0 spiro atoms. The van der Waals surface area contributed by atoms with E-state index in [-0.39, 0.29) is 32.2 Å². The lowest BCUT2D eigenvalue weighted by Crippen LogP contribution is -2.37. The number of aliphatic hydroxyl groups excluding tert-OH is 1. The van der Waals surface area contributed by atoms with Crippen molar-refractivity contribution in [2.24, 2.45) is 0 Å². The highest BCUT2D eigenvalue weighted by Crippen LogP contribution is 2.38. The van der Waals surface area contributed by atoms with Crippen LogP contribution in [0.15, 0.2) is 48.6 Å². The maximum absolute atomic E-state index is 12.6. The second-order valence-electron chi connectivity index (χ2n) is 14.9. The van der Waals surface area contributed by atoms with Crippen molar-refractivity contribution >= 4 is 19.8 Å². The number of carbonyl (C=O) groups excluding carboxylic acids is 2. The first-order valence-corrected chi connectivity index (χ1v) is 21.9. The Morgan fingerprint density at radius 2 is 1.26 bits per heavy atom. The van der Waals surface area contributed by atoms with Crippen molar-refractivity contribution in [3.8, 4) is 0 Å². The van der Waals surface area contributed by atoms with Crippen molar-refractivity contribution in [1.29, 1.82) is 0 Å². The number of phosphoric ester groups is 1. The third-order valence-electron chi connectivity index (χ3n) is 8.46. The lowest BCUT2D eigenvalue weighted by molar-refractivity contribution is -0.870. The predicted octanol–water partition coefficient (Wildman–Crippen LogP) is 9.47. The van der Waals surface area contributed by atoms with E-state index in [1.807, 2.05) is 57.6 Å². The van der Waals surface area contributed by atoms with Gasteiger partial charge in [0.1, 0.15) is 19.8 Å². The molecule has 0 amide bonds. The highest BCUT2D eigenvalue weighted by atomic mass is 31.2. The van der Waals surface area contributed by atoms with Gasteiger partial charge < -0.3 is 33.0 Å². The number of carbonyl (C=O) groups is 2. The number of unbranched alkanes of at least 4 members (excludes halogenated alkanes) is 13. The van der Waals surface area contributed by atoms with Crippen LogP contribution in [0.1, 0.15) is 149 Å². The Kier molecular flexibility index (Phi) is 33.1. The molecule has 3 atom stereocenters. The van der Waals surface area contributed by atoms with Gasteiger partial charge in [0.15, 0.2) is 6.10 Å². The van der Waals surface area contributed by atoms with Crippen LogP contribution in [0.25, 0.3) is 0 Å². The smallest absolute Gasteiger partial charge is 0.306 e. The van der Waals surface area contributed by atoms with Gasteiger partial charge in [-0.25, -0.2) is 0 Å². The average Bonchev–Trinajstić information content (AvgIpc) is 3.09. The summed E-state index contributed by atoms with van der Waals surface area (Å²) in [7, 11) is 1.11. The first-order chi connectivity index (χ1) is 25.4. The number of rotatable bonds is 36. The number of ether oxygens (including phenoxy) is 2. The molecule has 0 heterocycles. The molecule has 0 aliphatic heterocycles. The highest BCUT2D eigenvalue weighted by Gasteiger charge is 2.21. The minimum Gasteiger partial charge on any atom is -0.756 e. The van der Waals surface area contributed by atoms with Crippen LogP contribution >= 0.6 is 7.82 Å². The Bertz CT molecular complexity index is 1070. The molecule has 0 aromatic carbocycles. The van der Waals surface area contributed by atoms with E-state index in [0.29, 0.717) is 30.3 Å². The summed E-state index contributed by atoms with van der Waals surface area (Å²) in [4.78, 5) is 37.4. The Hall–Kier alpha value is -2.07. The molecule has 0 radical (unpaired) electrons. The molecule has 53 heavy (non-hydrogen) atoms. The highest BCUT2D eigenvalue weighted by molar-refractivity contribution is 7.45. The number of likely N-dealkylation sites (N-methyl/N-ethyl adjacent to an activating group) is 1. The zero-order chi connectivity index (χ0) is 39.5. The van der Waals surface area contributed by atoms with E-state index in [1.165, 1.54) is 44.9 Å². The largest absolute Gasteiger partial charge is 0.756 e. The molecule has 1 N–H and O–H groups in total. The summed E-state index contributed by atoms with van der Waals surface area (Å²) in [6.07, 6.45) is 34.7. The molecule has 0 aromatic rings. The first-order valence-electron chi connectivity index (χ1n) is 20.5. The van der Waals surface area contributed by atoms with Gasteiger partial charge in [-0.05, 0) is 38.5 Å². The summed E-state index contributed by atoms with van der Waals surface area (Å²) in [5.74, 6) is -0.930. The number of aliphatic hydroxyl groups is 1. The molecule has 0 aliphatic carbocycles. The monoisotopic (exact) mass is 770 g/mol. The summed E-state index contributed by atoms with van der Waals surface area (Å²) in [5, 5.41) is 9.89. The van der Waals surface area contributed by atoms with E-state index < -0.39 is 32.5 Å². The van der Waals surface area contributed by atoms with Crippen molar-refractivity contribution in [3.05, 3.63) is 48.6 Å². The Labute approximate surface area is 323 Å². The number of allylic oxidation sites excluding steroid dienone is 7. The molecule has 0 rings (SSSR count). The molecule has 11 heteroatoms.